The van der Waals surface area contributed by atoms with E-state index >= 15 is 0 Å². The molecule has 0 aromatic carbocycles. The number of aromatic nitrogens is 1. The Labute approximate surface area is 87.8 Å². The van der Waals surface area contributed by atoms with Crippen LogP contribution in [-0.4, -0.2) is 42.1 Å². The second kappa shape index (κ2) is 3.86. The highest BCUT2D eigenvalue weighted by Crippen LogP contribution is 2.15. The largest absolute Gasteiger partial charge is 0.397 e. The number of amides is 1. The molecule has 80 valence electrons. The van der Waals surface area contributed by atoms with Crippen molar-refractivity contribution in [3.05, 3.63) is 24.0 Å². The SMILES string of the molecule is COC1CN(C(=O)c2cncc(N)c2)C1. The molecule has 1 saturated heterocycles. The van der Waals surface area contributed by atoms with Crippen molar-refractivity contribution in [1.82, 2.24) is 9.88 Å². The number of likely N-dealkylation sites (tertiary alicyclic amines) is 1. The lowest BCUT2D eigenvalue weighted by Crippen LogP contribution is -2.54. The summed E-state index contributed by atoms with van der Waals surface area (Å²) >= 11 is 0. The summed E-state index contributed by atoms with van der Waals surface area (Å²) in [6, 6.07) is 1.63. The average molecular weight is 207 g/mol. The molecule has 2 rings (SSSR count). The number of carbonyl (C=O) groups excluding carboxylic acids is 1. The predicted octanol–water partition coefficient (Wildman–Crippen LogP) is 0.135. The van der Waals surface area contributed by atoms with Crippen molar-refractivity contribution in [2.24, 2.45) is 0 Å². The van der Waals surface area contributed by atoms with Crippen LogP contribution in [0.25, 0.3) is 0 Å². The fraction of sp³-hybridized carbons (Fsp3) is 0.400. The zero-order chi connectivity index (χ0) is 10.8. The Hall–Kier alpha value is -1.62. The van der Waals surface area contributed by atoms with Gasteiger partial charge in [0.25, 0.3) is 5.91 Å². The number of ether oxygens (including phenoxy) is 1. The minimum atomic E-state index is -0.0388. The summed E-state index contributed by atoms with van der Waals surface area (Å²) in [6.45, 7) is 1.29. The highest BCUT2D eigenvalue weighted by molar-refractivity contribution is 5.95. The van der Waals surface area contributed by atoms with E-state index in [9.17, 15) is 4.79 Å². The van der Waals surface area contributed by atoms with Gasteiger partial charge in [-0.2, -0.15) is 0 Å². The van der Waals surface area contributed by atoms with Crippen molar-refractivity contribution in [1.29, 1.82) is 0 Å². The molecule has 2 N–H and O–H groups in total. The molecule has 0 saturated carbocycles. The molecule has 0 atom stereocenters. The van der Waals surface area contributed by atoms with Crippen LogP contribution < -0.4 is 5.73 Å². The summed E-state index contributed by atoms with van der Waals surface area (Å²) in [5.41, 5.74) is 6.59. The molecule has 5 heteroatoms. The normalized spacial score (nSPS) is 16.2. The number of nitrogens with two attached hydrogens (primary N) is 1. The Morgan fingerprint density at radius 1 is 1.60 bits per heavy atom. The van der Waals surface area contributed by atoms with Gasteiger partial charge in [-0.15, -0.1) is 0 Å². The monoisotopic (exact) mass is 207 g/mol. The van der Waals surface area contributed by atoms with Crippen LogP contribution in [0.1, 0.15) is 10.4 Å². The lowest BCUT2D eigenvalue weighted by Gasteiger charge is -2.38. The van der Waals surface area contributed by atoms with Crippen molar-refractivity contribution in [2.45, 2.75) is 6.10 Å². The number of nitrogens with zero attached hydrogens (tertiary/aromatic N) is 2. The summed E-state index contributed by atoms with van der Waals surface area (Å²) in [5, 5.41) is 0. The van der Waals surface area contributed by atoms with E-state index in [2.05, 4.69) is 4.98 Å². The quantitative estimate of drug-likeness (QED) is 0.748. The fourth-order valence-electron chi connectivity index (χ4n) is 1.51. The summed E-state index contributed by atoms with van der Waals surface area (Å²) < 4.78 is 5.09. The zero-order valence-corrected chi connectivity index (χ0v) is 8.51. The van der Waals surface area contributed by atoms with E-state index in [1.165, 1.54) is 12.4 Å². The molecular formula is C10H13N3O2. The first kappa shape index (κ1) is 9.92. The number of hydrogen-bond donors (Lipinski definition) is 1. The molecule has 1 amide bonds. The smallest absolute Gasteiger partial charge is 0.255 e. The molecule has 0 bridgehead atoms. The van der Waals surface area contributed by atoms with E-state index in [0.717, 1.165) is 0 Å². The maximum atomic E-state index is 11.8. The molecule has 1 aliphatic heterocycles. The van der Waals surface area contributed by atoms with Gasteiger partial charge < -0.3 is 15.4 Å². The number of hydrogen-bond acceptors (Lipinski definition) is 4. The number of nitrogen functional groups attached to an aromatic ring is 1. The number of methoxy groups -OCH3 is 1. The molecule has 1 aliphatic rings. The van der Waals surface area contributed by atoms with E-state index < -0.39 is 0 Å². The average Bonchev–Trinajstić information content (AvgIpc) is 2.16. The molecule has 5 nitrogen and oxygen atoms in total. The Morgan fingerprint density at radius 3 is 2.93 bits per heavy atom. The standard InChI is InChI=1S/C10H13N3O2/c1-15-9-5-13(6-9)10(14)7-2-8(11)4-12-3-7/h2-4,9H,5-6,11H2,1H3. The Kier molecular flexibility index (Phi) is 2.55. The van der Waals surface area contributed by atoms with Gasteiger partial charge in [0, 0.05) is 32.6 Å². The second-order valence-corrected chi connectivity index (χ2v) is 3.57. The van der Waals surface area contributed by atoms with Gasteiger partial charge in [0.1, 0.15) is 0 Å². The highest BCUT2D eigenvalue weighted by atomic mass is 16.5. The molecule has 0 spiro atoms. The third kappa shape index (κ3) is 1.92. The van der Waals surface area contributed by atoms with Crippen LogP contribution in [0.3, 0.4) is 0 Å². The predicted molar refractivity (Wildman–Crippen MR) is 55.3 cm³/mol. The summed E-state index contributed by atoms with van der Waals surface area (Å²) in [6.07, 6.45) is 3.21. The van der Waals surface area contributed by atoms with Gasteiger partial charge in [-0.25, -0.2) is 0 Å². The minimum absolute atomic E-state index is 0.0388. The van der Waals surface area contributed by atoms with Crippen LogP contribution in [-0.2, 0) is 4.74 Å². The van der Waals surface area contributed by atoms with Crippen LogP contribution in [0.15, 0.2) is 18.5 Å². The van der Waals surface area contributed by atoms with Gasteiger partial charge >= 0.3 is 0 Å². The van der Waals surface area contributed by atoms with E-state index in [4.69, 9.17) is 10.5 Å². The Bertz CT molecular complexity index is 375. The molecule has 1 fully saturated rings. The molecule has 0 radical (unpaired) electrons. The third-order valence-corrected chi connectivity index (χ3v) is 2.47. The number of rotatable bonds is 2. The van der Waals surface area contributed by atoms with Crippen LogP contribution in [0.5, 0.6) is 0 Å². The first-order valence-corrected chi connectivity index (χ1v) is 4.73. The van der Waals surface area contributed by atoms with Gasteiger partial charge in [0.15, 0.2) is 0 Å². The van der Waals surface area contributed by atoms with Gasteiger partial charge in [-0.05, 0) is 6.07 Å². The van der Waals surface area contributed by atoms with Gasteiger partial charge in [-0.3, -0.25) is 9.78 Å². The van der Waals surface area contributed by atoms with E-state index in [0.29, 0.717) is 24.3 Å². The topological polar surface area (TPSA) is 68.5 Å². The Morgan fingerprint density at radius 2 is 2.33 bits per heavy atom. The fourth-order valence-corrected chi connectivity index (χ4v) is 1.51. The van der Waals surface area contributed by atoms with Crippen molar-refractivity contribution < 1.29 is 9.53 Å². The van der Waals surface area contributed by atoms with Crippen LogP contribution in [0.4, 0.5) is 5.69 Å². The molecule has 2 heterocycles. The summed E-state index contributed by atoms with van der Waals surface area (Å²) in [7, 11) is 1.65. The molecular weight excluding hydrogens is 194 g/mol. The van der Waals surface area contributed by atoms with Crippen molar-refractivity contribution in [3.63, 3.8) is 0 Å². The molecule has 1 aromatic heterocycles. The number of pyridine rings is 1. The highest BCUT2D eigenvalue weighted by Gasteiger charge is 2.31. The zero-order valence-electron chi connectivity index (χ0n) is 8.51. The second-order valence-electron chi connectivity index (χ2n) is 3.57. The maximum absolute atomic E-state index is 11.8. The van der Waals surface area contributed by atoms with Gasteiger partial charge in [0.05, 0.1) is 17.4 Å². The van der Waals surface area contributed by atoms with Gasteiger partial charge in [-0.1, -0.05) is 0 Å². The summed E-state index contributed by atoms with van der Waals surface area (Å²) in [5.74, 6) is -0.0388. The van der Waals surface area contributed by atoms with E-state index in [1.807, 2.05) is 0 Å². The van der Waals surface area contributed by atoms with Crippen LogP contribution >= 0.6 is 0 Å². The van der Waals surface area contributed by atoms with Crippen LogP contribution in [0.2, 0.25) is 0 Å². The lowest BCUT2D eigenvalue weighted by atomic mass is 10.1. The first-order valence-electron chi connectivity index (χ1n) is 4.73. The third-order valence-electron chi connectivity index (χ3n) is 2.47. The molecule has 0 aliphatic carbocycles. The molecule has 15 heavy (non-hydrogen) atoms. The van der Waals surface area contributed by atoms with Crippen molar-refractivity contribution in [3.8, 4) is 0 Å². The number of carbonyl (C=O) groups is 1. The van der Waals surface area contributed by atoms with E-state index in [1.54, 1.807) is 18.1 Å². The molecule has 1 aromatic rings. The van der Waals surface area contributed by atoms with Crippen molar-refractivity contribution in [2.75, 3.05) is 25.9 Å². The maximum Gasteiger partial charge on any atom is 0.255 e. The van der Waals surface area contributed by atoms with Crippen LogP contribution in [0, 0.1) is 0 Å². The van der Waals surface area contributed by atoms with Gasteiger partial charge in [0.2, 0.25) is 0 Å². The van der Waals surface area contributed by atoms with Crippen molar-refractivity contribution >= 4 is 11.6 Å². The number of anilines is 1. The first-order chi connectivity index (χ1) is 7.20. The summed E-state index contributed by atoms with van der Waals surface area (Å²) in [4.78, 5) is 17.4. The molecule has 0 unspecified atom stereocenters. The Balaban J connectivity index is 2.03. The van der Waals surface area contributed by atoms with E-state index in [-0.39, 0.29) is 12.0 Å². The minimum Gasteiger partial charge on any atom is -0.397 e. The lowest BCUT2D eigenvalue weighted by molar-refractivity contribution is -0.0192.